The van der Waals surface area contributed by atoms with Crippen LogP contribution >= 0.6 is 0 Å². The third kappa shape index (κ3) is 3.61. The van der Waals surface area contributed by atoms with Crippen LogP contribution in [0.1, 0.15) is 64.4 Å². The molecule has 3 aliphatic rings. The van der Waals surface area contributed by atoms with E-state index in [1.807, 2.05) is 12.3 Å². The normalized spacial score (nSPS) is 42.9. The first-order chi connectivity index (χ1) is 13.9. The van der Waals surface area contributed by atoms with Crippen LogP contribution < -0.4 is 0 Å². The number of pyridine rings is 1. The summed E-state index contributed by atoms with van der Waals surface area (Å²) in [5.41, 5.74) is 2.82. The fourth-order valence-electron chi connectivity index (χ4n) is 7.07. The number of hydrogen-bond acceptors (Lipinski definition) is 3. The minimum Gasteiger partial charge on any atom is -0.396 e. The second-order valence-electron chi connectivity index (χ2n) is 10.3. The molecule has 3 aliphatic carbocycles. The quantitative estimate of drug-likeness (QED) is 0.684. The molecule has 3 saturated carbocycles. The molecular weight excluding hydrogens is 358 g/mol. The van der Waals surface area contributed by atoms with Crippen molar-refractivity contribution in [2.75, 3.05) is 6.61 Å². The highest BCUT2D eigenvalue weighted by Gasteiger charge is 2.56. The molecule has 3 heteroatoms. The average molecular weight is 396 g/mol. The van der Waals surface area contributed by atoms with Crippen molar-refractivity contribution in [1.82, 2.24) is 4.98 Å². The molecule has 0 aliphatic heterocycles. The summed E-state index contributed by atoms with van der Waals surface area (Å²) in [4.78, 5) is 4.22. The molecule has 29 heavy (non-hydrogen) atoms. The van der Waals surface area contributed by atoms with E-state index in [4.69, 9.17) is 0 Å². The Kier molecular flexibility index (Phi) is 5.74. The Morgan fingerprint density at radius 2 is 2.03 bits per heavy atom. The summed E-state index contributed by atoms with van der Waals surface area (Å²) in [7, 11) is 0. The molecule has 0 saturated heterocycles. The van der Waals surface area contributed by atoms with Gasteiger partial charge in [0.2, 0.25) is 0 Å². The van der Waals surface area contributed by atoms with Gasteiger partial charge in [0.15, 0.2) is 0 Å². The van der Waals surface area contributed by atoms with Crippen LogP contribution in [-0.4, -0.2) is 27.9 Å². The zero-order valence-corrected chi connectivity index (χ0v) is 18.1. The smallest absolute Gasteiger partial charge is 0.0546 e. The van der Waals surface area contributed by atoms with Gasteiger partial charge in [-0.25, -0.2) is 0 Å². The number of aliphatic hydroxyl groups excluding tert-OH is 2. The molecular formula is C26H37NO2. The topological polar surface area (TPSA) is 53.4 Å². The van der Waals surface area contributed by atoms with E-state index >= 15 is 0 Å². The summed E-state index contributed by atoms with van der Waals surface area (Å²) in [6, 6.07) is 4.04. The van der Waals surface area contributed by atoms with Crippen LogP contribution in [0.5, 0.6) is 0 Å². The highest BCUT2D eigenvalue weighted by Crippen LogP contribution is 2.63. The Balaban J connectivity index is 1.63. The van der Waals surface area contributed by atoms with Gasteiger partial charge >= 0.3 is 0 Å². The van der Waals surface area contributed by atoms with Crippen molar-refractivity contribution in [1.29, 1.82) is 0 Å². The van der Waals surface area contributed by atoms with Crippen LogP contribution in [0.15, 0.2) is 42.8 Å². The Morgan fingerprint density at radius 1 is 1.21 bits per heavy atom. The molecule has 1 aromatic rings. The minimum atomic E-state index is -0.223. The van der Waals surface area contributed by atoms with Gasteiger partial charge < -0.3 is 10.2 Å². The predicted molar refractivity (Wildman–Crippen MR) is 118 cm³/mol. The maximum absolute atomic E-state index is 10.5. The molecule has 0 aromatic carbocycles. The number of hydrogen-bond donors (Lipinski definition) is 2. The van der Waals surface area contributed by atoms with Gasteiger partial charge in [-0.15, -0.1) is 0 Å². The van der Waals surface area contributed by atoms with Crippen molar-refractivity contribution in [2.45, 2.75) is 64.9 Å². The molecule has 3 nitrogen and oxygen atoms in total. The Labute approximate surface area is 176 Å². The third-order valence-electron chi connectivity index (χ3n) is 9.04. The molecule has 0 spiro atoms. The number of allylic oxidation sites excluding steroid dienone is 2. The summed E-state index contributed by atoms with van der Waals surface area (Å²) >= 11 is 0. The number of fused-ring (bicyclic) bond motifs is 1. The first kappa shape index (κ1) is 20.8. The number of aliphatic hydroxyl groups is 2. The van der Waals surface area contributed by atoms with Crippen molar-refractivity contribution >= 4 is 6.08 Å². The molecule has 0 bridgehead atoms. The van der Waals surface area contributed by atoms with Gasteiger partial charge in [-0.2, -0.15) is 0 Å². The van der Waals surface area contributed by atoms with Gasteiger partial charge in [0, 0.05) is 19.0 Å². The second-order valence-corrected chi connectivity index (χ2v) is 10.3. The van der Waals surface area contributed by atoms with Crippen molar-refractivity contribution in [3.8, 4) is 0 Å². The minimum absolute atomic E-state index is 0.108. The summed E-state index contributed by atoms with van der Waals surface area (Å²) in [5.74, 6) is 1.69. The Hall–Kier alpha value is -1.45. The van der Waals surface area contributed by atoms with Crippen molar-refractivity contribution in [3.63, 3.8) is 0 Å². The van der Waals surface area contributed by atoms with Crippen LogP contribution in [0.25, 0.3) is 6.08 Å². The van der Waals surface area contributed by atoms with Crippen LogP contribution in [-0.2, 0) is 0 Å². The fraction of sp³-hybridized carbons (Fsp3) is 0.654. The predicted octanol–water partition coefficient (Wildman–Crippen LogP) is 5.25. The first-order valence-electron chi connectivity index (χ1n) is 11.4. The van der Waals surface area contributed by atoms with Gasteiger partial charge in [0.1, 0.15) is 0 Å². The molecule has 2 N–H and O–H groups in total. The van der Waals surface area contributed by atoms with Gasteiger partial charge in [0.25, 0.3) is 0 Å². The van der Waals surface area contributed by atoms with E-state index < -0.39 is 0 Å². The number of aromatic nitrogens is 1. The lowest BCUT2D eigenvalue weighted by atomic mass is 9.49. The molecule has 7 atom stereocenters. The maximum Gasteiger partial charge on any atom is 0.0546 e. The summed E-state index contributed by atoms with van der Waals surface area (Å²) in [6.45, 7) is 9.48. The third-order valence-corrected chi connectivity index (χ3v) is 9.04. The lowest BCUT2D eigenvalue weighted by Gasteiger charge is -2.56. The maximum atomic E-state index is 10.5. The molecule has 0 radical (unpaired) electrons. The van der Waals surface area contributed by atoms with E-state index in [1.54, 1.807) is 6.20 Å². The first-order valence-corrected chi connectivity index (χ1v) is 11.4. The summed E-state index contributed by atoms with van der Waals surface area (Å²) in [6.07, 6.45) is 15.3. The lowest BCUT2D eigenvalue weighted by molar-refractivity contribution is -0.0823. The summed E-state index contributed by atoms with van der Waals surface area (Å²) in [5, 5.41) is 20.9. The lowest BCUT2D eigenvalue weighted by Crippen LogP contribution is -2.50. The summed E-state index contributed by atoms with van der Waals surface area (Å²) < 4.78 is 0. The van der Waals surface area contributed by atoms with Gasteiger partial charge in [-0.05, 0) is 91.1 Å². The molecule has 3 fully saturated rings. The molecule has 2 unspecified atom stereocenters. The average Bonchev–Trinajstić information content (AvgIpc) is 3.03. The van der Waals surface area contributed by atoms with E-state index in [2.05, 4.69) is 43.6 Å². The number of nitrogens with zero attached hydrogens (tertiary/aromatic N) is 1. The van der Waals surface area contributed by atoms with Gasteiger partial charge in [-0.3, -0.25) is 4.98 Å². The highest BCUT2D eigenvalue weighted by molar-refractivity contribution is 5.48. The molecule has 1 heterocycles. The monoisotopic (exact) mass is 395 g/mol. The van der Waals surface area contributed by atoms with Gasteiger partial charge in [-0.1, -0.05) is 44.2 Å². The van der Waals surface area contributed by atoms with E-state index in [1.165, 1.54) is 18.4 Å². The standard InChI is InChI=1S/C26H37NO2/c1-18-6-9-23-22(17-28)24(11-13-25(18,23)2)26(3)12-10-21(29)15-20(26)8-7-19-5-4-14-27-16-19/h4-5,7-8,14,16,20-24,28-29H,1,6,9-13,15,17H2,2-3H3/b8-7+/t20-,21-,22+,23?,24?,25-,26-/m0/s1. The van der Waals surface area contributed by atoms with Crippen LogP contribution in [0.2, 0.25) is 0 Å². The highest BCUT2D eigenvalue weighted by atomic mass is 16.3. The zero-order valence-electron chi connectivity index (χ0n) is 18.1. The molecule has 1 aromatic heterocycles. The van der Waals surface area contributed by atoms with Crippen LogP contribution in [0, 0.1) is 34.5 Å². The SMILES string of the molecule is C=C1CCC2[C@@H](CO)C([C@@]3(C)CC[C@H](O)C[C@@H]3/C=C/c3cccnc3)CC[C@@]12C. The van der Waals surface area contributed by atoms with Crippen LogP contribution in [0.4, 0.5) is 0 Å². The number of rotatable bonds is 4. The van der Waals surface area contributed by atoms with E-state index in [-0.39, 0.29) is 23.5 Å². The van der Waals surface area contributed by atoms with E-state index in [0.717, 1.165) is 37.7 Å². The van der Waals surface area contributed by atoms with Crippen molar-refractivity contribution < 1.29 is 10.2 Å². The molecule has 158 valence electrons. The van der Waals surface area contributed by atoms with E-state index in [9.17, 15) is 10.2 Å². The Bertz CT molecular complexity index is 759. The fourth-order valence-corrected chi connectivity index (χ4v) is 7.07. The largest absolute Gasteiger partial charge is 0.396 e. The molecule has 4 rings (SSSR count). The molecule has 0 amide bonds. The Morgan fingerprint density at radius 3 is 2.76 bits per heavy atom. The second kappa shape index (κ2) is 8.00. The van der Waals surface area contributed by atoms with Crippen molar-refractivity contribution in [2.24, 2.45) is 34.5 Å². The van der Waals surface area contributed by atoms with Crippen LogP contribution in [0.3, 0.4) is 0 Å². The van der Waals surface area contributed by atoms with Gasteiger partial charge in [0.05, 0.1) is 6.10 Å². The van der Waals surface area contributed by atoms with E-state index in [0.29, 0.717) is 23.7 Å². The van der Waals surface area contributed by atoms with Crippen molar-refractivity contribution in [3.05, 3.63) is 48.3 Å². The zero-order chi connectivity index (χ0) is 20.6.